The van der Waals surface area contributed by atoms with E-state index in [0.717, 1.165) is 23.1 Å². The Bertz CT molecular complexity index is 1400. The van der Waals surface area contributed by atoms with E-state index in [0.29, 0.717) is 41.5 Å². The normalized spacial score (nSPS) is 16.1. The third-order valence-electron chi connectivity index (χ3n) is 6.10. The Morgan fingerprint density at radius 3 is 2.35 bits per heavy atom. The molecule has 1 aliphatic heterocycles. The number of hydrogen-bond donors (Lipinski definition) is 0. The summed E-state index contributed by atoms with van der Waals surface area (Å²) in [5.41, 5.74) is 1.60. The van der Waals surface area contributed by atoms with Gasteiger partial charge in [0.2, 0.25) is 10.0 Å². The number of fused-ring (bicyclic) bond motifs is 1. The van der Waals surface area contributed by atoms with Crippen molar-refractivity contribution < 1.29 is 22.7 Å². The van der Waals surface area contributed by atoms with E-state index in [1.165, 1.54) is 47.0 Å². The molecule has 180 valence electrons. The number of thiazole rings is 1. The van der Waals surface area contributed by atoms with Gasteiger partial charge in [0.15, 0.2) is 4.80 Å². The van der Waals surface area contributed by atoms with Gasteiger partial charge in [-0.05, 0) is 68.1 Å². The Balaban J connectivity index is 1.62. The smallest absolute Gasteiger partial charge is 0.337 e. The fourth-order valence-corrected chi connectivity index (χ4v) is 6.61. The van der Waals surface area contributed by atoms with Gasteiger partial charge in [0.1, 0.15) is 0 Å². The number of aryl methyl sites for hydroxylation is 1. The molecule has 4 rings (SSSR count). The summed E-state index contributed by atoms with van der Waals surface area (Å²) in [6.07, 6.45) is 1.70. The number of amides is 1. The first-order valence-electron chi connectivity index (χ1n) is 11.2. The number of carbonyl (C=O) groups is 2. The molecular formula is C24H27N3O5S2. The Morgan fingerprint density at radius 2 is 1.74 bits per heavy atom. The van der Waals surface area contributed by atoms with Crippen molar-refractivity contribution in [2.45, 2.75) is 38.1 Å². The van der Waals surface area contributed by atoms with Crippen LogP contribution in [0.15, 0.2) is 52.4 Å². The van der Waals surface area contributed by atoms with Crippen LogP contribution in [0.1, 0.15) is 47.4 Å². The highest BCUT2D eigenvalue weighted by molar-refractivity contribution is 7.89. The molecule has 10 heteroatoms. The molecule has 3 aromatic rings. The van der Waals surface area contributed by atoms with Crippen LogP contribution in [0, 0.1) is 5.92 Å². The second-order valence-electron chi connectivity index (χ2n) is 8.33. The summed E-state index contributed by atoms with van der Waals surface area (Å²) in [6.45, 7) is 5.70. The second kappa shape index (κ2) is 9.81. The molecule has 1 fully saturated rings. The fraction of sp³-hybridized carbons (Fsp3) is 0.375. The van der Waals surface area contributed by atoms with Crippen molar-refractivity contribution in [3.05, 3.63) is 58.4 Å². The van der Waals surface area contributed by atoms with Crippen LogP contribution < -0.4 is 4.80 Å². The lowest BCUT2D eigenvalue weighted by Gasteiger charge is -2.29. The van der Waals surface area contributed by atoms with Crippen LogP contribution in [0.5, 0.6) is 0 Å². The zero-order valence-electron chi connectivity index (χ0n) is 19.4. The standard InChI is InChI=1S/C24H27N3O5S2/c1-4-27-20-10-7-18(23(29)32-3)15-21(20)33-24(27)25-22(28)17-5-8-19(9-6-17)34(30,31)26-13-11-16(2)12-14-26/h5-10,15-16H,4,11-14H2,1-3H3. The molecule has 0 bridgehead atoms. The molecule has 1 saturated heterocycles. The predicted octanol–water partition coefficient (Wildman–Crippen LogP) is 3.67. The maximum Gasteiger partial charge on any atom is 0.337 e. The number of piperidine rings is 1. The monoisotopic (exact) mass is 501 g/mol. The number of carbonyl (C=O) groups excluding carboxylic acids is 2. The summed E-state index contributed by atoms with van der Waals surface area (Å²) in [4.78, 5) is 29.7. The molecule has 0 unspecified atom stereocenters. The molecular weight excluding hydrogens is 474 g/mol. The van der Waals surface area contributed by atoms with E-state index >= 15 is 0 Å². The zero-order valence-corrected chi connectivity index (χ0v) is 21.0. The Hall–Kier alpha value is -2.82. The van der Waals surface area contributed by atoms with Gasteiger partial charge < -0.3 is 9.30 Å². The van der Waals surface area contributed by atoms with Crippen LogP contribution >= 0.6 is 11.3 Å². The number of nitrogens with zero attached hydrogens (tertiary/aromatic N) is 3. The molecule has 2 aromatic carbocycles. The molecule has 0 spiro atoms. The summed E-state index contributed by atoms with van der Waals surface area (Å²) in [5, 5.41) is 0. The molecule has 1 aromatic heterocycles. The molecule has 1 amide bonds. The number of esters is 1. The number of sulfonamides is 1. The zero-order chi connectivity index (χ0) is 24.5. The minimum absolute atomic E-state index is 0.180. The number of benzene rings is 2. The molecule has 0 radical (unpaired) electrons. The van der Waals surface area contributed by atoms with Gasteiger partial charge in [-0.15, -0.1) is 0 Å². The average molecular weight is 502 g/mol. The molecule has 2 heterocycles. The Morgan fingerprint density at radius 1 is 1.09 bits per heavy atom. The molecule has 0 N–H and O–H groups in total. The van der Waals surface area contributed by atoms with Crippen LogP contribution in [0.25, 0.3) is 10.2 Å². The van der Waals surface area contributed by atoms with Crippen LogP contribution in [0.4, 0.5) is 0 Å². The molecule has 0 aliphatic carbocycles. The van der Waals surface area contributed by atoms with Crippen molar-refractivity contribution in [2.24, 2.45) is 10.9 Å². The quantitative estimate of drug-likeness (QED) is 0.497. The lowest BCUT2D eigenvalue weighted by atomic mass is 10.0. The van der Waals surface area contributed by atoms with Crippen molar-refractivity contribution in [2.75, 3.05) is 20.2 Å². The van der Waals surface area contributed by atoms with E-state index in [2.05, 4.69) is 11.9 Å². The van der Waals surface area contributed by atoms with E-state index in [4.69, 9.17) is 4.74 Å². The highest BCUT2D eigenvalue weighted by Gasteiger charge is 2.28. The maximum absolute atomic E-state index is 12.9. The highest BCUT2D eigenvalue weighted by atomic mass is 32.2. The van der Waals surface area contributed by atoms with Crippen molar-refractivity contribution in [1.29, 1.82) is 0 Å². The largest absolute Gasteiger partial charge is 0.465 e. The molecule has 34 heavy (non-hydrogen) atoms. The summed E-state index contributed by atoms with van der Waals surface area (Å²) >= 11 is 1.30. The molecule has 0 atom stereocenters. The lowest BCUT2D eigenvalue weighted by molar-refractivity contribution is 0.0600. The third-order valence-corrected chi connectivity index (χ3v) is 9.05. The molecule has 0 saturated carbocycles. The van der Waals surface area contributed by atoms with Crippen molar-refractivity contribution >= 4 is 43.5 Å². The summed E-state index contributed by atoms with van der Waals surface area (Å²) in [5.74, 6) is -0.361. The Kier molecular flexibility index (Phi) is 7.01. The number of rotatable bonds is 5. The van der Waals surface area contributed by atoms with Crippen LogP contribution in [-0.2, 0) is 21.3 Å². The molecule has 1 aliphatic rings. The first-order valence-corrected chi connectivity index (χ1v) is 13.4. The predicted molar refractivity (Wildman–Crippen MR) is 130 cm³/mol. The Labute approximate surface area is 202 Å². The van der Waals surface area contributed by atoms with Crippen LogP contribution in [0.2, 0.25) is 0 Å². The van der Waals surface area contributed by atoms with Gasteiger partial charge in [0.05, 0.1) is 27.8 Å². The topological polar surface area (TPSA) is 98.0 Å². The summed E-state index contributed by atoms with van der Waals surface area (Å²) in [7, 11) is -2.25. The van der Waals surface area contributed by atoms with E-state index in [9.17, 15) is 18.0 Å². The summed E-state index contributed by atoms with van der Waals surface area (Å²) < 4.78 is 34.9. The minimum atomic E-state index is -3.58. The number of aromatic nitrogens is 1. The van der Waals surface area contributed by atoms with Gasteiger partial charge in [-0.2, -0.15) is 9.30 Å². The van der Waals surface area contributed by atoms with Gasteiger partial charge in [-0.3, -0.25) is 4.79 Å². The van der Waals surface area contributed by atoms with Gasteiger partial charge >= 0.3 is 5.97 Å². The number of methoxy groups -OCH3 is 1. The van der Waals surface area contributed by atoms with Crippen LogP contribution in [0.3, 0.4) is 0 Å². The van der Waals surface area contributed by atoms with Gasteiger partial charge in [-0.1, -0.05) is 18.3 Å². The fourth-order valence-electron chi connectivity index (χ4n) is 4.00. The average Bonchev–Trinajstić information content (AvgIpc) is 3.19. The van der Waals surface area contributed by atoms with Crippen molar-refractivity contribution in [3.8, 4) is 0 Å². The van der Waals surface area contributed by atoms with E-state index in [1.807, 2.05) is 17.6 Å². The highest BCUT2D eigenvalue weighted by Crippen LogP contribution is 2.24. The summed E-state index contributed by atoms with van der Waals surface area (Å²) in [6, 6.07) is 11.2. The maximum atomic E-state index is 12.9. The number of ether oxygens (including phenoxy) is 1. The SMILES string of the molecule is CCn1c(=NC(=O)c2ccc(S(=O)(=O)N3CCC(C)CC3)cc2)sc2cc(C(=O)OC)ccc21. The molecule has 8 nitrogen and oxygen atoms in total. The van der Waals surface area contributed by atoms with Gasteiger partial charge in [0, 0.05) is 25.2 Å². The van der Waals surface area contributed by atoms with E-state index in [1.54, 1.807) is 12.1 Å². The first kappa shape index (κ1) is 24.3. The minimum Gasteiger partial charge on any atom is -0.465 e. The third kappa shape index (κ3) is 4.70. The second-order valence-corrected chi connectivity index (χ2v) is 11.3. The first-order chi connectivity index (χ1) is 16.2. The van der Waals surface area contributed by atoms with Crippen molar-refractivity contribution in [3.63, 3.8) is 0 Å². The van der Waals surface area contributed by atoms with Gasteiger partial charge in [-0.25, -0.2) is 13.2 Å². The van der Waals surface area contributed by atoms with E-state index < -0.39 is 21.9 Å². The van der Waals surface area contributed by atoms with Crippen LogP contribution in [-0.4, -0.2) is 49.4 Å². The lowest BCUT2D eigenvalue weighted by Crippen LogP contribution is -2.37. The number of hydrogen-bond acceptors (Lipinski definition) is 6. The van der Waals surface area contributed by atoms with Gasteiger partial charge in [0.25, 0.3) is 5.91 Å². The van der Waals surface area contributed by atoms with Crippen molar-refractivity contribution in [1.82, 2.24) is 8.87 Å². The van der Waals surface area contributed by atoms with E-state index in [-0.39, 0.29) is 4.90 Å².